The van der Waals surface area contributed by atoms with Gasteiger partial charge in [0.15, 0.2) is 0 Å². The topological polar surface area (TPSA) is 31.4 Å². The third-order valence-electron chi connectivity index (χ3n) is 3.11. The Hall–Kier alpha value is -0.935. The minimum Gasteiger partial charge on any atom is -0.399 e. The lowest BCUT2D eigenvalue weighted by Crippen LogP contribution is -2.41. The van der Waals surface area contributed by atoms with Crippen molar-refractivity contribution in [1.82, 2.24) is 4.98 Å². The van der Waals surface area contributed by atoms with Crippen molar-refractivity contribution in [1.29, 1.82) is 0 Å². The molecule has 0 saturated carbocycles. The fourth-order valence-electron chi connectivity index (χ4n) is 1.42. The van der Waals surface area contributed by atoms with Gasteiger partial charge in [-0.3, -0.25) is 4.98 Å². The highest BCUT2D eigenvalue weighted by atomic mass is 19.1. The molecule has 1 aliphatic heterocycles. The molecule has 0 unspecified atom stereocenters. The number of pyridine rings is 1. The van der Waals surface area contributed by atoms with Crippen molar-refractivity contribution < 1.29 is 16.4 Å². The maximum absolute atomic E-state index is 13.4. The summed E-state index contributed by atoms with van der Waals surface area (Å²) in [6.45, 7) is 7.42. The quantitative estimate of drug-likeness (QED) is 0.679. The molecule has 16 heavy (non-hydrogen) atoms. The highest BCUT2D eigenvalue weighted by molar-refractivity contribution is 6.62. The van der Waals surface area contributed by atoms with Crippen LogP contribution in [-0.4, -0.2) is 23.3 Å². The number of rotatable bonds is 1. The number of aromatic nitrogens is 1. The molecule has 1 aliphatic rings. The Bertz CT molecular complexity index is 480. The van der Waals surface area contributed by atoms with Crippen LogP contribution in [0.1, 0.15) is 30.4 Å². The zero-order valence-electron chi connectivity index (χ0n) is 11.8. The molecule has 1 saturated heterocycles. The van der Waals surface area contributed by atoms with E-state index in [9.17, 15) is 4.39 Å². The molecule has 0 aliphatic carbocycles. The Kier molecular flexibility index (Phi) is 2.02. The van der Waals surface area contributed by atoms with Crippen LogP contribution < -0.4 is 5.46 Å². The van der Waals surface area contributed by atoms with Crippen LogP contribution in [0.25, 0.3) is 0 Å². The molecule has 0 aromatic carbocycles. The lowest BCUT2D eigenvalue weighted by atomic mass is 9.80. The van der Waals surface area contributed by atoms with E-state index in [1.807, 2.05) is 27.7 Å². The number of nitrogens with zero attached hydrogens (tertiary/aromatic N) is 1. The maximum atomic E-state index is 13.4. The highest BCUT2D eigenvalue weighted by Crippen LogP contribution is 2.36. The van der Waals surface area contributed by atoms with E-state index in [0.29, 0.717) is 0 Å². The summed E-state index contributed by atoms with van der Waals surface area (Å²) in [7, 11) is -0.932. The standard InChI is InChI=1S/C11H15BFNO2/c1-10(2)11(3,4)16-12(15-10)8-5-9(13)7-14-6-8/h5-7H,1-4H3/i5D,6D. The van der Waals surface area contributed by atoms with Crippen molar-refractivity contribution in [2.45, 2.75) is 38.9 Å². The predicted molar refractivity (Wildman–Crippen MR) is 59.9 cm³/mol. The maximum Gasteiger partial charge on any atom is 0.496 e. The number of hydrogen-bond donors (Lipinski definition) is 0. The first-order valence-corrected chi connectivity index (χ1v) is 5.13. The van der Waals surface area contributed by atoms with Crippen LogP contribution in [0.2, 0.25) is 0 Å². The molecule has 0 spiro atoms. The van der Waals surface area contributed by atoms with E-state index >= 15 is 0 Å². The monoisotopic (exact) mass is 225 g/mol. The van der Waals surface area contributed by atoms with E-state index < -0.39 is 30.2 Å². The van der Waals surface area contributed by atoms with Crippen molar-refractivity contribution in [2.75, 3.05) is 0 Å². The molecule has 2 heterocycles. The van der Waals surface area contributed by atoms with Gasteiger partial charge in [-0.25, -0.2) is 4.39 Å². The second-order valence-corrected chi connectivity index (χ2v) is 4.84. The molecule has 0 N–H and O–H groups in total. The molecule has 0 amide bonds. The van der Waals surface area contributed by atoms with Crippen LogP contribution in [0.15, 0.2) is 18.4 Å². The SMILES string of the molecule is [2H]c1ncc(F)c([2H])c1B1OC(C)(C)C(C)(C)O1. The van der Waals surface area contributed by atoms with Gasteiger partial charge in [0.1, 0.15) is 5.82 Å². The van der Waals surface area contributed by atoms with Gasteiger partial charge in [0.25, 0.3) is 0 Å². The number of hydrogen-bond acceptors (Lipinski definition) is 3. The van der Waals surface area contributed by atoms with Gasteiger partial charge in [-0.1, -0.05) is 0 Å². The molecule has 86 valence electrons. The molecule has 0 radical (unpaired) electrons. The first kappa shape index (κ1) is 9.13. The van der Waals surface area contributed by atoms with Crippen LogP contribution in [0.4, 0.5) is 4.39 Å². The van der Waals surface area contributed by atoms with Crippen molar-refractivity contribution in [3.05, 3.63) is 24.2 Å². The van der Waals surface area contributed by atoms with Crippen LogP contribution in [-0.2, 0) is 9.31 Å². The van der Waals surface area contributed by atoms with Crippen molar-refractivity contribution in [2.24, 2.45) is 0 Å². The Morgan fingerprint density at radius 1 is 1.31 bits per heavy atom. The zero-order valence-corrected chi connectivity index (χ0v) is 9.80. The fraction of sp³-hybridized carbons (Fsp3) is 0.545. The summed E-state index contributed by atoms with van der Waals surface area (Å²) in [5, 5.41) is 0. The molecule has 1 aromatic heterocycles. The normalized spacial score (nSPS) is 24.2. The molecule has 1 aromatic rings. The summed E-state index contributed by atoms with van der Waals surface area (Å²) in [5.74, 6) is -0.782. The summed E-state index contributed by atoms with van der Waals surface area (Å²) < 4.78 is 40.1. The van der Waals surface area contributed by atoms with E-state index in [0.717, 1.165) is 6.20 Å². The predicted octanol–water partition coefficient (Wildman–Crippen LogP) is 1.52. The summed E-state index contributed by atoms with van der Waals surface area (Å²) in [6.07, 6.45) is 0.666. The van der Waals surface area contributed by atoms with E-state index in [4.69, 9.17) is 12.1 Å². The fourth-order valence-corrected chi connectivity index (χ4v) is 1.42. The largest absolute Gasteiger partial charge is 0.496 e. The Morgan fingerprint density at radius 3 is 2.44 bits per heavy atom. The van der Waals surface area contributed by atoms with Gasteiger partial charge >= 0.3 is 7.12 Å². The Morgan fingerprint density at radius 2 is 1.88 bits per heavy atom. The molecular formula is C11H15BFNO2. The first-order valence-electron chi connectivity index (χ1n) is 6.13. The van der Waals surface area contributed by atoms with Gasteiger partial charge in [-0.2, -0.15) is 0 Å². The lowest BCUT2D eigenvalue weighted by molar-refractivity contribution is 0.00578. The molecule has 2 rings (SSSR count). The average Bonchev–Trinajstić information content (AvgIpc) is 2.43. The van der Waals surface area contributed by atoms with Gasteiger partial charge in [0.05, 0.1) is 20.1 Å². The Balaban J connectivity index is 2.44. The summed E-state index contributed by atoms with van der Waals surface area (Å²) in [5.41, 5.74) is -1.15. The van der Waals surface area contributed by atoms with Gasteiger partial charge in [-0.15, -0.1) is 0 Å². The van der Waals surface area contributed by atoms with Gasteiger partial charge in [0.2, 0.25) is 0 Å². The minimum atomic E-state index is -0.932. The van der Waals surface area contributed by atoms with Gasteiger partial charge in [0, 0.05) is 11.6 Å². The van der Waals surface area contributed by atoms with Gasteiger partial charge in [-0.05, 0) is 33.7 Å². The van der Waals surface area contributed by atoms with E-state index in [-0.39, 0.29) is 11.6 Å². The zero-order chi connectivity index (χ0) is 13.7. The van der Waals surface area contributed by atoms with Crippen LogP contribution >= 0.6 is 0 Å². The summed E-state index contributed by atoms with van der Waals surface area (Å²) in [6, 6.07) is -0.395. The Labute approximate surface area is 97.9 Å². The van der Waals surface area contributed by atoms with Crippen LogP contribution in [0.3, 0.4) is 0 Å². The first-order chi connectivity index (χ1) is 8.16. The summed E-state index contributed by atoms with van der Waals surface area (Å²) >= 11 is 0. The van der Waals surface area contributed by atoms with Crippen molar-refractivity contribution in [3.63, 3.8) is 0 Å². The van der Waals surface area contributed by atoms with E-state index in [2.05, 4.69) is 4.98 Å². The molecule has 3 nitrogen and oxygen atoms in total. The third-order valence-corrected chi connectivity index (χ3v) is 3.11. The van der Waals surface area contributed by atoms with E-state index in [1.165, 1.54) is 0 Å². The lowest BCUT2D eigenvalue weighted by Gasteiger charge is -2.32. The second-order valence-electron chi connectivity index (χ2n) is 4.84. The van der Waals surface area contributed by atoms with Crippen LogP contribution in [0, 0.1) is 5.82 Å². The van der Waals surface area contributed by atoms with E-state index in [1.54, 1.807) is 0 Å². The second kappa shape index (κ2) is 3.53. The molecule has 0 atom stereocenters. The van der Waals surface area contributed by atoms with Crippen LogP contribution in [0.5, 0.6) is 0 Å². The smallest absolute Gasteiger partial charge is 0.399 e. The third kappa shape index (κ3) is 1.85. The van der Waals surface area contributed by atoms with Crippen molar-refractivity contribution >= 4 is 12.6 Å². The summed E-state index contributed by atoms with van der Waals surface area (Å²) in [4.78, 5) is 3.59. The molecule has 1 fully saturated rings. The highest BCUT2D eigenvalue weighted by Gasteiger charge is 2.51. The average molecular weight is 225 g/mol. The molecule has 0 bridgehead atoms. The number of halogens is 1. The van der Waals surface area contributed by atoms with Crippen molar-refractivity contribution in [3.8, 4) is 0 Å². The minimum absolute atomic E-state index is 0.0358. The molecule has 5 heteroatoms. The van der Waals surface area contributed by atoms with Gasteiger partial charge < -0.3 is 9.31 Å². The molecular weight excluding hydrogens is 208 g/mol.